The highest BCUT2D eigenvalue weighted by Gasteiger charge is 2.07. The summed E-state index contributed by atoms with van der Waals surface area (Å²) in [4.78, 5) is 3.73. The van der Waals surface area contributed by atoms with Crippen molar-refractivity contribution in [2.75, 3.05) is 5.73 Å². The Balaban J connectivity index is 2.43. The molecule has 0 atom stereocenters. The van der Waals surface area contributed by atoms with Crippen LogP contribution in [-0.4, -0.2) is 10.1 Å². The molecule has 0 fully saturated rings. The van der Waals surface area contributed by atoms with E-state index >= 15 is 0 Å². The molecule has 2 N–H and O–H groups in total. The lowest BCUT2D eigenvalue weighted by Crippen LogP contribution is -1.79. The molecule has 0 bridgehead atoms. The largest absolute Gasteiger partial charge is 0.422 e. The number of aromatic nitrogens is 2. The second-order valence-corrected chi connectivity index (χ2v) is 2.39. The van der Waals surface area contributed by atoms with Crippen LogP contribution >= 0.6 is 0 Å². The smallest absolute Gasteiger partial charge is 0.292 e. The summed E-state index contributed by atoms with van der Waals surface area (Å²) < 4.78 is 9.88. The number of oxazole rings is 1. The van der Waals surface area contributed by atoms with E-state index in [0.29, 0.717) is 11.5 Å². The molecule has 5 heteroatoms. The second-order valence-electron chi connectivity index (χ2n) is 2.39. The molecular formula is C7H7N3O2. The molecule has 62 valence electrons. The average molecular weight is 165 g/mol. The molecule has 0 aliphatic heterocycles. The van der Waals surface area contributed by atoms with Crippen molar-refractivity contribution in [1.29, 1.82) is 0 Å². The first kappa shape index (κ1) is 6.90. The standard InChI is InChI=1S/C7H7N3O2/c1-4-2-5(10-12-4)6-3-9-7(8)11-6/h2-3H,1H3,(H2,8,9). The summed E-state index contributed by atoms with van der Waals surface area (Å²) in [6.45, 7) is 1.80. The zero-order valence-corrected chi connectivity index (χ0v) is 6.44. The van der Waals surface area contributed by atoms with Gasteiger partial charge in [-0.2, -0.15) is 0 Å². The highest BCUT2D eigenvalue weighted by atomic mass is 16.5. The summed E-state index contributed by atoms with van der Waals surface area (Å²) in [6.07, 6.45) is 1.51. The van der Waals surface area contributed by atoms with Gasteiger partial charge in [0.2, 0.25) is 0 Å². The Morgan fingerprint density at radius 2 is 2.33 bits per heavy atom. The van der Waals surface area contributed by atoms with Gasteiger partial charge in [0.15, 0.2) is 11.5 Å². The summed E-state index contributed by atoms with van der Waals surface area (Å²) in [7, 11) is 0. The highest BCUT2D eigenvalue weighted by Crippen LogP contribution is 2.20. The molecule has 2 aromatic heterocycles. The number of nitrogen functional groups attached to an aromatic ring is 1. The van der Waals surface area contributed by atoms with E-state index in [9.17, 15) is 0 Å². The number of aryl methyl sites for hydroxylation is 1. The summed E-state index contributed by atoms with van der Waals surface area (Å²) in [5, 5.41) is 3.74. The molecule has 0 saturated carbocycles. The predicted octanol–water partition coefficient (Wildman–Crippen LogP) is 1.22. The lowest BCUT2D eigenvalue weighted by atomic mass is 10.3. The number of nitrogens with two attached hydrogens (primary N) is 1. The Bertz CT molecular complexity index is 353. The second kappa shape index (κ2) is 2.37. The van der Waals surface area contributed by atoms with E-state index in [1.54, 1.807) is 13.0 Å². The van der Waals surface area contributed by atoms with Crippen molar-refractivity contribution < 1.29 is 8.94 Å². The van der Waals surface area contributed by atoms with E-state index in [-0.39, 0.29) is 6.01 Å². The van der Waals surface area contributed by atoms with E-state index in [1.807, 2.05) is 0 Å². The van der Waals surface area contributed by atoms with Gasteiger partial charge < -0.3 is 14.7 Å². The summed E-state index contributed by atoms with van der Waals surface area (Å²) in [5.74, 6) is 1.24. The van der Waals surface area contributed by atoms with Crippen LogP contribution in [0.4, 0.5) is 6.01 Å². The van der Waals surface area contributed by atoms with Crippen LogP contribution in [0.15, 0.2) is 21.2 Å². The van der Waals surface area contributed by atoms with Gasteiger partial charge in [-0.25, -0.2) is 4.98 Å². The fraction of sp³-hybridized carbons (Fsp3) is 0.143. The quantitative estimate of drug-likeness (QED) is 0.687. The summed E-state index contributed by atoms with van der Waals surface area (Å²) >= 11 is 0. The lowest BCUT2D eigenvalue weighted by Gasteiger charge is -1.82. The molecule has 0 aliphatic rings. The van der Waals surface area contributed by atoms with Crippen LogP contribution in [0.2, 0.25) is 0 Å². The zero-order valence-electron chi connectivity index (χ0n) is 6.44. The van der Waals surface area contributed by atoms with Crippen molar-refractivity contribution >= 4 is 6.01 Å². The minimum atomic E-state index is 0.130. The molecule has 0 amide bonds. The molecule has 0 unspecified atom stereocenters. The molecule has 2 heterocycles. The molecule has 5 nitrogen and oxygen atoms in total. The highest BCUT2D eigenvalue weighted by molar-refractivity contribution is 5.51. The molecule has 2 rings (SSSR count). The SMILES string of the molecule is Cc1cc(-c2cnc(N)o2)no1. The molecule has 0 radical (unpaired) electrons. The number of hydrogen-bond donors (Lipinski definition) is 1. The van der Waals surface area contributed by atoms with Gasteiger partial charge in [-0.1, -0.05) is 5.16 Å². The third-order valence-electron chi connectivity index (χ3n) is 1.40. The van der Waals surface area contributed by atoms with Crippen LogP contribution in [0.25, 0.3) is 11.5 Å². The van der Waals surface area contributed by atoms with Gasteiger partial charge in [0.25, 0.3) is 6.01 Å². The molecule has 0 aliphatic carbocycles. The van der Waals surface area contributed by atoms with Crippen molar-refractivity contribution in [2.24, 2.45) is 0 Å². The minimum Gasteiger partial charge on any atom is -0.422 e. The number of anilines is 1. The van der Waals surface area contributed by atoms with Gasteiger partial charge in [-0.05, 0) is 6.92 Å². The molecule has 0 spiro atoms. The summed E-state index contributed by atoms with van der Waals surface area (Å²) in [5.41, 5.74) is 5.89. The van der Waals surface area contributed by atoms with Gasteiger partial charge in [0.05, 0.1) is 6.20 Å². The molecule has 12 heavy (non-hydrogen) atoms. The van der Waals surface area contributed by atoms with Crippen molar-refractivity contribution in [3.05, 3.63) is 18.0 Å². The van der Waals surface area contributed by atoms with Crippen LogP contribution < -0.4 is 5.73 Å². The van der Waals surface area contributed by atoms with Gasteiger partial charge in [0.1, 0.15) is 5.76 Å². The minimum absolute atomic E-state index is 0.130. The van der Waals surface area contributed by atoms with E-state index in [4.69, 9.17) is 14.7 Å². The fourth-order valence-corrected chi connectivity index (χ4v) is 0.889. The third-order valence-corrected chi connectivity index (χ3v) is 1.40. The topological polar surface area (TPSA) is 78.1 Å². The van der Waals surface area contributed by atoms with Gasteiger partial charge in [0, 0.05) is 6.07 Å². The number of hydrogen-bond acceptors (Lipinski definition) is 5. The normalized spacial score (nSPS) is 10.4. The number of rotatable bonds is 1. The molecule has 2 aromatic rings. The Morgan fingerprint density at radius 1 is 1.50 bits per heavy atom. The van der Waals surface area contributed by atoms with Crippen LogP contribution in [0.3, 0.4) is 0 Å². The van der Waals surface area contributed by atoms with Crippen LogP contribution in [0.5, 0.6) is 0 Å². The Kier molecular flexibility index (Phi) is 1.36. The van der Waals surface area contributed by atoms with Gasteiger partial charge in [-0.3, -0.25) is 0 Å². The molecule has 0 aromatic carbocycles. The first-order valence-electron chi connectivity index (χ1n) is 3.41. The van der Waals surface area contributed by atoms with Gasteiger partial charge >= 0.3 is 0 Å². The molecule has 0 saturated heterocycles. The van der Waals surface area contributed by atoms with Crippen molar-refractivity contribution in [1.82, 2.24) is 10.1 Å². The van der Waals surface area contributed by atoms with Crippen molar-refractivity contribution in [3.63, 3.8) is 0 Å². The van der Waals surface area contributed by atoms with Crippen molar-refractivity contribution in [2.45, 2.75) is 6.92 Å². The van der Waals surface area contributed by atoms with E-state index in [1.165, 1.54) is 6.20 Å². The van der Waals surface area contributed by atoms with Gasteiger partial charge in [-0.15, -0.1) is 0 Å². The van der Waals surface area contributed by atoms with Crippen LogP contribution in [0, 0.1) is 6.92 Å². The third kappa shape index (κ3) is 1.05. The first-order chi connectivity index (χ1) is 5.75. The van der Waals surface area contributed by atoms with Crippen molar-refractivity contribution in [3.8, 4) is 11.5 Å². The monoisotopic (exact) mass is 165 g/mol. The molecular weight excluding hydrogens is 158 g/mol. The first-order valence-corrected chi connectivity index (χ1v) is 3.41. The lowest BCUT2D eigenvalue weighted by molar-refractivity contribution is 0.397. The van der Waals surface area contributed by atoms with E-state index in [2.05, 4.69) is 10.1 Å². The Labute approximate surface area is 68.2 Å². The zero-order chi connectivity index (χ0) is 8.55. The maximum Gasteiger partial charge on any atom is 0.292 e. The average Bonchev–Trinajstić information content (AvgIpc) is 2.58. The van der Waals surface area contributed by atoms with Crippen LogP contribution in [0.1, 0.15) is 5.76 Å². The fourth-order valence-electron chi connectivity index (χ4n) is 0.889. The Morgan fingerprint density at radius 3 is 2.83 bits per heavy atom. The van der Waals surface area contributed by atoms with E-state index < -0.39 is 0 Å². The maximum atomic E-state index is 5.29. The Hall–Kier alpha value is -1.78. The summed E-state index contributed by atoms with van der Waals surface area (Å²) in [6, 6.07) is 1.88. The predicted molar refractivity (Wildman–Crippen MR) is 41.1 cm³/mol. The maximum absolute atomic E-state index is 5.29. The van der Waals surface area contributed by atoms with E-state index in [0.717, 1.165) is 5.76 Å². The van der Waals surface area contributed by atoms with Crippen LogP contribution in [-0.2, 0) is 0 Å². The number of nitrogens with zero attached hydrogens (tertiary/aromatic N) is 2.